The molecule has 0 aromatic heterocycles. The first-order chi connectivity index (χ1) is 8.72. The number of hydrogen-bond donors (Lipinski definition) is 1. The Balaban J connectivity index is 2.00. The number of aryl methyl sites for hydroxylation is 1. The molecule has 0 bridgehead atoms. The molecule has 1 N–H and O–H groups in total. The Hall–Kier alpha value is -0.580. The van der Waals surface area contributed by atoms with Crippen LogP contribution >= 0.6 is 15.9 Å². The average Bonchev–Trinajstić information content (AvgIpc) is 2.40. The summed E-state index contributed by atoms with van der Waals surface area (Å²) in [6.07, 6.45) is 1.07. The summed E-state index contributed by atoms with van der Waals surface area (Å²) in [6.45, 7) is 7.72. The summed E-state index contributed by atoms with van der Waals surface area (Å²) in [5.41, 5.74) is 2.51. The Morgan fingerprint density at radius 3 is 2.72 bits per heavy atom. The Bertz CT molecular complexity index is 403. The number of ether oxygens (including phenoxy) is 1. The second kappa shape index (κ2) is 6.55. The van der Waals surface area contributed by atoms with Crippen molar-refractivity contribution in [2.45, 2.75) is 13.3 Å². The molecule has 0 spiro atoms. The molecule has 1 saturated heterocycles. The van der Waals surface area contributed by atoms with Crippen molar-refractivity contribution in [2.75, 3.05) is 39.8 Å². The molecule has 1 fully saturated rings. The van der Waals surface area contributed by atoms with Crippen LogP contribution in [0.2, 0.25) is 0 Å². The monoisotopic (exact) mass is 312 g/mol. The van der Waals surface area contributed by atoms with Gasteiger partial charge in [0, 0.05) is 32.7 Å². The maximum absolute atomic E-state index is 5.44. The van der Waals surface area contributed by atoms with E-state index < -0.39 is 0 Å². The van der Waals surface area contributed by atoms with E-state index in [-0.39, 0.29) is 0 Å². The zero-order valence-corrected chi connectivity index (χ0v) is 12.7. The molecule has 0 aliphatic carbocycles. The lowest BCUT2D eigenvalue weighted by molar-refractivity contribution is 0.243. The smallest absolute Gasteiger partial charge is 0.136 e. The fourth-order valence-electron chi connectivity index (χ4n) is 2.35. The maximum Gasteiger partial charge on any atom is 0.136 e. The van der Waals surface area contributed by atoms with Crippen LogP contribution in [0.25, 0.3) is 0 Å². The van der Waals surface area contributed by atoms with Crippen molar-refractivity contribution in [1.29, 1.82) is 0 Å². The molecule has 0 saturated carbocycles. The summed E-state index contributed by atoms with van der Waals surface area (Å²) in [5, 5.41) is 3.38. The highest BCUT2D eigenvalue weighted by Gasteiger charge is 2.12. The van der Waals surface area contributed by atoms with E-state index in [4.69, 9.17) is 4.74 Å². The van der Waals surface area contributed by atoms with Gasteiger partial charge in [0.1, 0.15) is 5.75 Å². The first kappa shape index (κ1) is 13.8. The Kier molecular flexibility index (Phi) is 5.03. The molecule has 3 nitrogen and oxygen atoms in total. The zero-order chi connectivity index (χ0) is 13.0. The number of nitrogens with one attached hydrogen (secondary N) is 1. The molecule has 100 valence electrons. The third-order valence-corrected chi connectivity index (χ3v) is 4.35. The number of methoxy groups -OCH3 is 1. The van der Waals surface area contributed by atoms with Gasteiger partial charge in [0.25, 0.3) is 0 Å². The number of nitrogens with zero attached hydrogens (tertiary/aromatic N) is 1. The van der Waals surface area contributed by atoms with Crippen molar-refractivity contribution >= 4 is 15.9 Å². The quantitative estimate of drug-likeness (QED) is 0.922. The maximum atomic E-state index is 5.44. The van der Waals surface area contributed by atoms with Gasteiger partial charge in [0.2, 0.25) is 0 Å². The molecule has 4 heteroatoms. The first-order valence-corrected chi connectivity index (χ1v) is 7.26. The van der Waals surface area contributed by atoms with E-state index >= 15 is 0 Å². The van der Waals surface area contributed by atoms with Crippen molar-refractivity contribution in [3.05, 3.63) is 27.7 Å². The number of hydrogen-bond acceptors (Lipinski definition) is 3. The highest BCUT2D eigenvalue weighted by molar-refractivity contribution is 9.10. The van der Waals surface area contributed by atoms with Gasteiger partial charge in [-0.2, -0.15) is 0 Å². The Morgan fingerprint density at radius 1 is 1.33 bits per heavy atom. The van der Waals surface area contributed by atoms with Crippen LogP contribution < -0.4 is 10.1 Å². The van der Waals surface area contributed by atoms with Crippen LogP contribution in [0.3, 0.4) is 0 Å². The molecule has 0 atom stereocenters. The van der Waals surface area contributed by atoms with Gasteiger partial charge in [-0.1, -0.05) is 12.1 Å². The van der Waals surface area contributed by atoms with Gasteiger partial charge < -0.3 is 15.0 Å². The van der Waals surface area contributed by atoms with E-state index in [2.05, 4.69) is 45.2 Å². The van der Waals surface area contributed by atoms with Crippen molar-refractivity contribution in [2.24, 2.45) is 0 Å². The largest absolute Gasteiger partial charge is 0.495 e. The standard InChI is InChI=1S/C14H21BrN2O/c1-11-3-4-12(13(15)14(11)18-2)5-8-17-9-6-16-7-10-17/h3-4,16H,5-10H2,1-2H3. The minimum Gasteiger partial charge on any atom is -0.495 e. The highest BCUT2D eigenvalue weighted by Crippen LogP contribution is 2.32. The van der Waals surface area contributed by atoms with Crippen molar-refractivity contribution in [1.82, 2.24) is 10.2 Å². The summed E-state index contributed by atoms with van der Waals surface area (Å²) in [7, 11) is 1.73. The van der Waals surface area contributed by atoms with Gasteiger partial charge in [0.15, 0.2) is 0 Å². The molecule has 1 aromatic rings. The van der Waals surface area contributed by atoms with Gasteiger partial charge in [-0.15, -0.1) is 0 Å². The summed E-state index contributed by atoms with van der Waals surface area (Å²) < 4.78 is 6.55. The summed E-state index contributed by atoms with van der Waals surface area (Å²) in [6, 6.07) is 4.33. The highest BCUT2D eigenvalue weighted by atomic mass is 79.9. The fourth-order valence-corrected chi connectivity index (χ4v) is 3.16. The number of benzene rings is 1. The molecule has 0 radical (unpaired) electrons. The number of halogens is 1. The van der Waals surface area contributed by atoms with Crippen LogP contribution in [0.4, 0.5) is 0 Å². The molecule has 18 heavy (non-hydrogen) atoms. The molecular formula is C14H21BrN2O. The van der Waals surface area contributed by atoms with Crippen LogP contribution in [0.5, 0.6) is 5.75 Å². The Morgan fingerprint density at radius 2 is 2.06 bits per heavy atom. The van der Waals surface area contributed by atoms with Crippen molar-refractivity contribution < 1.29 is 4.74 Å². The van der Waals surface area contributed by atoms with E-state index in [0.29, 0.717) is 0 Å². The summed E-state index contributed by atoms with van der Waals surface area (Å²) in [5.74, 6) is 0.966. The molecule has 1 aliphatic heterocycles. The number of piperazine rings is 1. The van der Waals surface area contributed by atoms with Crippen LogP contribution in [0.1, 0.15) is 11.1 Å². The predicted octanol–water partition coefficient (Wildman–Crippen LogP) is 2.21. The Labute approximate surface area is 118 Å². The topological polar surface area (TPSA) is 24.5 Å². The predicted molar refractivity (Wildman–Crippen MR) is 78.4 cm³/mol. The average molecular weight is 313 g/mol. The zero-order valence-electron chi connectivity index (χ0n) is 11.1. The second-order valence-corrected chi connectivity index (χ2v) is 5.52. The van der Waals surface area contributed by atoms with E-state index in [1.165, 1.54) is 11.1 Å². The lowest BCUT2D eigenvalue weighted by Crippen LogP contribution is -2.44. The minimum atomic E-state index is 0.966. The normalized spacial score (nSPS) is 16.8. The van der Waals surface area contributed by atoms with Gasteiger partial charge >= 0.3 is 0 Å². The van der Waals surface area contributed by atoms with Crippen LogP contribution in [0.15, 0.2) is 16.6 Å². The first-order valence-electron chi connectivity index (χ1n) is 6.47. The third-order valence-electron chi connectivity index (χ3n) is 3.49. The van der Waals surface area contributed by atoms with E-state index in [0.717, 1.165) is 49.4 Å². The summed E-state index contributed by atoms with van der Waals surface area (Å²) >= 11 is 3.66. The fraction of sp³-hybridized carbons (Fsp3) is 0.571. The van der Waals surface area contributed by atoms with E-state index in [9.17, 15) is 0 Å². The molecule has 1 aromatic carbocycles. The lowest BCUT2D eigenvalue weighted by atomic mass is 10.1. The van der Waals surface area contributed by atoms with Gasteiger partial charge in [-0.3, -0.25) is 0 Å². The molecule has 2 rings (SSSR count). The number of rotatable bonds is 4. The van der Waals surface area contributed by atoms with Crippen LogP contribution in [0, 0.1) is 6.92 Å². The van der Waals surface area contributed by atoms with E-state index in [1.54, 1.807) is 7.11 Å². The third kappa shape index (κ3) is 3.25. The van der Waals surface area contributed by atoms with Gasteiger partial charge in [-0.05, 0) is 40.4 Å². The van der Waals surface area contributed by atoms with Crippen LogP contribution in [-0.2, 0) is 6.42 Å². The van der Waals surface area contributed by atoms with Gasteiger partial charge in [-0.25, -0.2) is 0 Å². The van der Waals surface area contributed by atoms with Gasteiger partial charge in [0.05, 0.1) is 11.6 Å². The molecular weight excluding hydrogens is 292 g/mol. The SMILES string of the molecule is COc1c(C)ccc(CCN2CCNCC2)c1Br. The molecule has 0 unspecified atom stereocenters. The minimum absolute atomic E-state index is 0.966. The molecule has 1 heterocycles. The van der Waals surface area contributed by atoms with Crippen molar-refractivity contribution in [3.63, 3.8) is 0 Å². The van der Waals surface area contributed by atoms with Crippen molar-refractivity contribution in [3.8, 4) is 5.75 Å². The second-order valence-electron chi connectivity index (χ2n) is 4.73. The molecule has 1 aliphatic rings. The molecule has 0 amide bonds. The van der Waals surface area contributed by atoms with E-state index in [1.807, 2.05) is 0 Å². The lowest BCUT2D eigenvalue weighted by Gasteiger charge is -2.27. The summed E-state index contributed by atoms with van der Waals surface area (Å²) in [4.78, 5) is 2.51. The van der Waals surface area contributed by atoms with Crippen LogP contribution in [-0.4, -0.2) is 44.7 Å².